The van der Waals surface area contributed by atoms with Gasteiger partial charge < -0.3 is 10.0 Å². The zero-order valence-corrected chi connectivity index (χ0v) is 16.5. The van der Waals surface area contributed by atoms with Gasteiger partial charge in [-0.1, -0.05) is 35.9 Å². The molecule has 1 amide bonds. The molecular formula is C21H21ClN4O3. The Morgan fingerprint density at radius 2 is 2.14 bits per heavy atom. The van der Waals surface area contributed by atoms with E-state index in [2.05, 4.69) is 11.6 Å². The van der Waals surface area contributed by atoms with Crippen molar-refractivity contribution in [3.8, 4) is 11.3 Å². The zero-order chi connectivity index (χ0) is 20.5. The molecule has 1 aromatic carbocycles. The van der Waals surface area contributed by atoms with Gasteiger partial charge in [-0.25, -0.2) is 4.98 Å². The average molecular weight is 413 g/mol. The summed E-state index contributed by atoms with van der Waals surface area (Å²) in [4.78, 5) is 31.8. The number of β-amino-alcohol motifs (C(OH)–C–C–N with tert-alkyl or cyclic N) is 1. The van der Waals surface area contributed by atoms with Crippen LogP contribution in [0.1, 0.15) is 23.3 Å². The Balaban J connectivity index is 1.84. The lowest BCUT2D eigenvalue weighted by atomic mass is 10.1. The molecular weight excluding hydrogens is 392 g/mol. The molecule has 1 aliphatic heterocycles. The predicted molar refractivity (Wildman–Crippen MR) is 111 cm³/mol. The number of rotatable bonds is 4. The lowest BCUT2D eigenvalue weighted by molar-refractivity contribution is 0.0469. The van der Waals surface area contributed by atoms with Crippen LogP contribution < -0.4 is 5.56 Å². The van der Waals surface area contributed by atoms with E-state index in [0.717, 1.165) is 6.42 Å². The third kappa shape index (κ3) is 3.59. The van der Waals surface area contributed by atoms with Crippen molar-refractivity contribution in [2.24, 2.45) is 0 Å². The second kappa shape index (κ2) is 7.85. The number of fused-ring (bicyclic) bond motifs is 1. The van der Waals surface area contributed by atoms with E-state index in [1.54, 1.807) is 33.8 Å². The number of nitrogens with zero attached hydrogens (tertiary/aromatic N) is 4. The summed E-state index contributed by atoms with van der Waals surface area (Å²) in [5.41, 5.74) is 1.31. The van der Waals surface area contributed by atoms with Crippen molar-refractivity contribution in [1.29, 1.82) is 0 Å². The van der Waals surface area contributed by atoms with Crippen molar-refractivity contribution in [2.45, 2.75) is 25.5 Å². The van der Waals surface area contributed by atoms with Gasteiger partial charge in [0.15, 0.2) is 0 Å². The molecule has 8 heteroatoms. The fourth-order valence-electron chi connectivity index (χ4n) is 3.68. The molecule has 1 saturated heterocycles. The Hall–Kier alpha value is -2.90. The van der Waals surface area contributed by atoms with E-state index < -0.39 is 6.10 Å². The molecule has 7 nitrogen and oxygen atoms in total. The average Bonchev–Trinajstić information content (AvgIpc) is 3.14. The molecule has 150 valence electrons. The Labute approximate surface area is 172 Å². The van der Waals surface area contributed by atoms with Crippen LogP contribution in [0.15, 0.2) is 54.1 Å². The number of halogens is 1. The van der Waals surface area contributed by atoms with E-state index in [9.17, 15) is 14.7 Å². The number of imidazole rings is 1. The minimum absolute atomic E-state index is 0.156. The summed E-state index contributed by atoms with van der Waals surface area (Å²) in [7, 11) is 0. The normalized spacial score (nSPS) is 16.9. The molecule has 1 atom stereocenters. The van der Waals surface area contributed by atoms with E-state index in [-0.39, 0.29) is 35.9 Å². The first-order chi connectivity index (χ1) is 14.0. The molecule has 29 heavy (non-hydrogen) atoms. The van der Waals surface area contributed by atoms with Crippen molar-refractivity contribution in [2.75, 3.05) is 13.1 Å². The molecule has 0 saturated carbocycles. The highest BCUT2D eigenvalue weighted by Crippen LogP contribution is 2.27. The number of likely N-dealkylation sites (tertiary alicyclic amines) is 1. The number of amides is 1. The van der Waals surface area contributed by atoms with Crippen LogP contribution in [0.25, 0.3) is 16.9 Å². The molecule has 2 aromatic heterocycles. The molecule has 0 aliphatic carbocycles. The molecule has 1 aliphatic rings. The number of piperidine rings is 1. The van der Waals surface area contributed by atoms with Crippen LogP contribution in [0.3, 0.4) is 0 Å². The van der Waals surface area contributed by atoms with Crippen LogP contribution in [-0.4, -0.2) is 49.1 Å². The maximum absolute atomic E-state index is 13.1. The molecule has 0 spiro atoms. The monoisotopic (exact) mass is 412 g/mol. The molecule has 0 bridgehead atoms. The maximum Gasteiger partial charge on any atom is 0.295 e. The highest BCUT2D eigenvalue weighted by molar-refractivity contribution is 6.33. The molecule has 1 unspecified atom stereocenters. The molecule has 1 N–H and O–H groups in total. The standard InChI is InChI=1S/C21H21ClN4O3/c1-2-9-26-18(15-7-3-4-8-16(15)22)13-25-12-17(23-19(25)21(26)29)20(28)24-10-5-6-14(27)11-24/h2-4,7-8,12-14,27H,1,5-6,9-11H2. The van der Waals surface area contributed by atoms with Crippen LogP contribution in [0.2, 0.25) is 5.02 Å². The molecule has 3 aromatic rings. The lowest BCUT2D eigenvalue weighted by Crippen LogP contribution is -2.42. The number of benzene rings is 1. The number of aliphatic hydroxyl groups is 1. The van der Waals surface area contributed by atoms with Gasteiger partial charge in [-0.2, -0.15) is 0 Å². The molecule has 4 rings (SSSR count). The molecule has 1 fully saturated rings. The lowest BCUT2D eigenvalue weighted by Gasteiger charge is -2.29. The first-order valence-electron chi connectivity index (χ1n) is 9.45. The smallest absolute Gasteiger partial charge is 0.295 e. The quantitative estimate of drug-likeness (QED) is 0.668. The largest absolute Gasteiger partial charge is 0.391 e. The van der Waals surface area contributed by atoms with Crippen LogP contribution in [0.5, 0.6) is 0 Å². The van der Waals surface area contributed by atoms with Gasteiger partial charge in [0.1, 0.15) is 5.69 Å². The fraction of sp³-hybridized carbons (Fsp3) is 0.286. The summed E-state index contributed by atoms with van der Waals surface area (Å²) in [6, 6.07) is 7.26. The van der Waals surface area contributed by atoms with Gasteiger partial charge in [-0.05, 0) is 18.9 Å². The Bertz CT molecular complexity index is 1150. The number of aromatic nitrogens is 3. The van der Waals surface area contributed by atoms with Crippen LogP contribution >= 0.6 is 11.6 Å². The Morgan fingerprint density at radius 3 is 2.86 bits per heavy atom. The summed E-state index contributed by atoms with van der Waals surface area (Å²) in [6.45, 7) is 4.85. The second-order valence-corrected chi connectivity index (χ2v) is 7.51. The van der Waals surface area contributed by atoms with E-state index in [0.29, 0.717) is 29.2 Å². The summed E-state index contributed by atoms with van der Waals surface area (Å²) in [5.74, 6) is -0.290. The topological polar surface area (TPSA) is 79.8 Å². The third-order valence-corrected chi connectivity index (χ3v) is 5.41. The highest BCUT2D eigenvalue weighted by Gasteiger charge is 2.25. The number of carbonyl (C=O) groups excluding carboxylic acids is 1. The SMILES string of the molecule is C=CCn1c(-c2ccccc2Cl)cn2cc(C(=O)N3CCCC(O)C3)nc2c1=O. The second-order valence-electron chi connectivity index (χ2n) is 7.10. The Kier molecular flexibility index (Phi) is 5.25. The molecule has 3 heterocycles. The van der Waals surface area contributed by atoms with Gasteiger partial charge >= 0.3 is 0 Å². The van der Waals surface area contributed by atoms with E-state index in [1.165, 1.54) is 4.57 Å². The minimum atomic E-state index is -0.527. The number of allylic oxidation sites excluding steroid dienone is 1. The van der Waals surface area contributed by atoms with Crippen molar-refractivity contribution >= 4 is 23.2 Å². The van der Waals surface area contributed by atoms with Gasteiger partial charge in [0.2, 0.25) is 5.65 Å². The summed E-state index contributed by atoms with van der Waals surface area (Å²) >= 11 is 6.35. The number of hydrogen-bond acceptors (Lipinski definition) is 4. The zero-order valence-electron chi connectivity index (χ0n) is 15.8. The van der Waals surface area contributed by atoms with Crippen LogP contribution in [0, 0.1) is 0 Å². The summed E-state index contributed by atoms with van der Waals surface area (Å²) in [5, 5.41) is 10.4. The third-order valence-electron chi connectivity index (χ3n) is 5.09. The number of carbonyl (C=O) groups is 1. The first kappa shape index (κ1) is 19.4. The van der Waals surface area contributed by atoms with E-state index >= 15 is 0 Å². The Morgan fingerprint density at radius 1 is 1.34 bits per heavy atom. The summed E-state index contributed by atoms with van der Waals surface area (Å²) < 4.78 is 3.10. The van der Waals surface area contributed by atoms with Crippen molar-refractivity contribution < 1.29 is 9.90 Å². The van der Waals surface area contributed by atoms with Crippen LogP contribution in [0.4, 0.5) is 0 Å². The fourth-order valence-corrected chi connectivity index (χ4v) is 3.91. The molecule has 0 radical (unpaired) electrons. The van der Waals surface area contributed by atoms with Crippen molar-refractivity contribution in [3.05, 3.63) is 70.4 Å². The van der Waals surface area contributed by atoms with E-state index in [1.807, 2.05) is 18.2 Å². The van der Waals surface area contributed by atoms with Gasteiger partial charge in [-0.3, -0.25) is 18.6 Å². The van der Waals surface area contributed by atoms with Crippen LogP contribution in [-0.2, 0) is 6.54 Å². The predicted octanol–water partition coefficient (Wildman–Crippen LogP) is 2.60. The van der Waals surface area contributed by atoms with Gasteiger partial charge in [0, 0.05) is 42.6 Å². The first-order valence-corrected chi connectivity index (χ1v) is 9.83. The highest BCUT2D eigenvalue weighted by atomic mass is 35.5. The van der Waals surface area contributed by atoms with Crippen molar-refractivity contribution in [1.82, 2.24) is 18.9 Å². The van der Waals surface area contributed by atoms with Gasteiger partial charge in [-0.15, -0.1) is 6.58 Å². The van der Waals surface area contributed by atoms with E-state index in [4.69, 9.17) is 11.6 Å². The minimum Gasteiger partial charge on any atom is -0.391 e. The number of aliphatic hydroxyl groups excluding tert-OH is 1. The summed E-state index contributed by atoms with van der Waals surface area (Å²) in [6.07, 6.45) is 5.82. The number of hydrogen-bond donors (Lipinski definition) is 1. The van der Waals surface area contributed by atoms with Gasteiger partial charge in [0.05, 0.1) is 11.8 Å². The van der Waals surface area contributed by atoms with Gasteiger partial charge in [0.25, 0.3) is 11.5 Å². The maximum atomic E-state index is 13.1. The van der Waals surface area contributed by atoms with Crippen molar-refractivity contribution in [3.63, 3.8) is 0 Å².